The molecule has 37 heavy (non-hydrogen) atoms. The Morgan fingerprint density at radius 3 is 2.32 bits per heavy atom. The van der Waals surface area contributed by atoms with E-state index in [1.165, 1.54) is 4.68 Å². The Kier molecular flexibility index (Phi) is 8.22. The number of anilines is 1. The van der Waals surface area contributed by atoms with Gasteiger partial charge in [-0.1, -0.05) is 30.3 Å². The number of nitrogens with zero attached hydrogens (tertiary/aromatic N) is 3. The Hall–Kier alpha value is -4.14. The van der Waals surface area contributed by atoms with Crippen molar-refractivity contribution >= 4 is 23.4 Å². The number of aryl methyl sites for hydroxylation is 2. The fraction of sp³-hybridized carbons (Fsp3) is 0.357. The maximum Gasteiger partial charge on any atom is 0.270 e. The van der Waals surface area contributed by atoms with Crippen LogP contribution in [0.2, 0.25) is 0 Å². The number of likely N-dealkylation sites (tertiary alicyclic amines) is 1. The molecule has 194 valence electrons. The second-order valence-electron chi connectivity index (χ2n) is 9.33. The van der Waals surface area contributed by atoms with Crippen molar-refractivity contribution in [3.63, 3.8) is 0 Å². The summed E-state index contributed by atoms with van der Waals surface area (Å²) in [7, 11) is 3.30. The molecule has 0 saturated carbocycles. The summed E-state index contributed by atoms with van der Waals surface area (Å²) in [5.74, 6) is -0.0135. The summed E-state index contributed by atoms with van der Waals surface area (Å²) in [6.45, 7) is 2.72. The summed E-state index contributed by atoms with van der Waals surface area (Å²) >= 11 is 0. The molecule has 1 aromatic heterocycles. The lowest BCUT2D eigenvalue weighted by atomic mass is 9.94. The molecule has 0 spiro atoms. The van der Waals surface area contributed by atoms with Gasteiger partial charge in [0.15, 0.2) is 0 Å². The summed E-state index contributed by atoms with van der Waals surface area (Å²) in [4.78, 5) is 41.1. The Bertz CT molecular complexity index is 1230. The van der Waals surface area contributed by atoms with Gasteiger partial charge in [0.2, 0.25) is 11.8 Å². The molecule has 3 amide bonds. The fourth-order valence-electron chi connectivity index (χ4n) is 4.61. The van der Waals surface area contributed by atoms with E-state index in [-0.39, 0.29) is 23.6 Å². The number of carbonyl (C=O) groups is 3. The third kappa shape index (κ3) is 6.55. The van der Waals surface area contributed by atoms with Crippen LogP contribution in [0.4, 0.5) is 5.69 Å². The molecule has 9 heteroatoms. The van der Waals surface area contributed by atoms with E-state index in [1.54, 1.807) is 49.4 Å². The maximum absolute atomic E-state index is 13.6. The highest BCUT2D eigenvalue weighted by Crippen LogP contribution is 2.22. The van der Waals surface area contributed by atoms with Gasteiger partial charge in [-0.2, -0.15) is 5.10 Å². The highest BCUT2D eigenvalue weighted by molar-refractivity contribution is 5.97. The molecule has 2 heterocycles. The molecule has 1 aliphatic rings. The number of hydrogen-bond donors (Lipinski definition) is 2. The first-order valence-electron chi connectivity index (χ1n) is 12.4. The highest BCUT2D eigenvalue weighted by Gasteiger charge is 2.32. The average Bonchev–Trinajstić information content (AvgIpc) is 3.26. The zero-order valence-corrected chi connectivity index (χ0v) is 21.4. The van der Waals surface area contributed by atoms with E-state index in [4.69, 9.17) is 4.74 Å². The molecule has 0 radical (unpaired) electrons. The minimum atomic E-state index is -0.727. The summed E-state index contributed by atoms with van der Waals surface area (Å²) in [6, 6.07) is 17.8. The summed E-state index contributed by atoms with van der Waals surface area (Å²) in [5, 5.41) is 10.1. The number of benzene rings is 2. The molecule has 3 aromatic rings. The van der Waals surface area contributed by atoms with Crippen molar-refractivity contribution in [3.05, 3.63) is 77.6 Å². The quantitative estimate of drug-likeness (QED) is 0.492. The maximum atomic E-state index is 13.6. The highest BCUT2D eigenvalue weighted by atomic mass is 16.5. The number of piperidine rings is 1. The van der Waals surface area contributed by atoms with Gasteiger partial charge in [0.05, 0.1) is 12.8 Å². The van der Waals surface area contributed by atoms with Gasteiger partial charge in [-0.25, -0.2) is 0 Å². The van der Waals surface area contributed by atoms with Gasteiger partial charge >= 0.3 is 0 Å². The Balaban J connectivity index is 1.39. The van der Waals surface area contributed by atoms with Crippen LogP contribution in [0, 0.1) is 12.8 Å². The van der Waals surface area contributed by atoms with Crippen molar-refractivity contribution in [2.45, 2.75) is 32.2 Å². The van der Waals surface area contributed by atoms with E-state index in [0.717, 1.165) is 17.0 Å². The lowest BCUT2D eigenvalue weighted by Gasteiger charge is -2.34. The Morgan fingerprint density at radius 1 is 1.05 bits per heavy atom. The topological polar surface area (TPSA) is 106 Å². The minimum Gasteiger partial charge on any atom is -0.497 e. The fourth-order valence-corrected chi connectivity index (χ4v) is 4.61. The number of nitrogens with one attached hydrogen (secondary N) is 2. The van der Waals surface area contributed by atoms with Crippen molar-refractivity contribution in [1.82, 2.24) is 20.0 Å². The third-order valence-electron chi connectivity index (χ3n) is 6.66. The van der Waals surface area contributed by atoms with E-state index in [1.807, 2.05) is 37.3 Å². The second-order valence-corrected chi connectivity index (χ2v) is 9.33. The van der Waals surface area contributed by atoms with Gasteiger partial charge in [-0.05, 0) is 55.7 Å². The normalized spacial score (nSPS) is 14.6. The van der Waals surface area contributed by atoms with Gasteiger partial charge in [-0.3, -0.25) is 19.1 Å². The van der Waals surface area contributed by atoms with Gasteiger partial charge in [0.1, 0.15) is 17.5 Å². The van der Waals surface area contributed by atoms with E-state index in [0.29, 0.717) is 43.7 Å². The first kappa shape index (κ1) is 25.9. The molecule has 2 N–H and O–H groups in total. The molecule has 1 saturated heterocycles. The van der Waals surface area contributed by atoms with Crippen LogP contribution >= 0.6 is 0 Å². The van der Waals surface area contributed by atoms with Crippen molar-refractivity contribution in [2.75, 3.05) is 25.5 Å². The first-order chi connectivity index (χ1) is 17.8. The predicted octanol–water partition coefficient (Wildman–Crippen LogP) is 2.96. The van der Waals surface area contributed by atoms with E-state index < -0.39 is 6.04 Å². The smallest absolute Gasteiger partial charge is 0.270 e. The van der Waals surface area contributed by atoms with Crippen molar-refractivity contribution < 1.29 is 19.1 Å². The molecule has 2 aromatic carbocycles. The summed E-state index contributed by atoms with van der Waals surface area (Å²) < 4.78 is 6.67. The molecule has 9 nitrogen and oxygen atoms in total. The number of methoxy groups -OCH3 is 1. The average molecular weight is 504 g/mol. The van der Waals surface area contributed by atoms with Crippen molar-refractivity contribution in [1.29, 1.82) is 0 Å². The van der Waals surface area contributed by atoms with Crippen LogP contribution in [0.15, 0.2) is 60.7 Å². The monoisotopic (exact) mass is 503 g/mol. The number of rotatable bonds is 8. The molecule has 0 aliphatic carbocycles. The number of hydrogen-bond acceptors (Lipinski definition) is 5. The second kappa shape index (κ2) is 11.7. The lowest BCUT2D eigenvalue weighted by molar-refractivity contribution is -0.136. The SMILES string of the molecule is COc1ccc(NC(=O)C2CCN(C(=O)[C@@H](Cc3ccccc3)NC(=O)c3cc(C)nn3C)CC2)cc1. The zero-order chi connectivity index (χ0) is 26.4. The van der Waals surface area contributed by atoms with Crippen LogP contribution in [-0.4, -0.2) is 58.6 Å². The number of carbonyl (C=O) groups excluding carboxylic acids is 3. The van der Waals surface area contributed by atoms with E-state index >= 15 is 0 Å². The Morgan fingerprint density at radius 2 is 1.73 bits per heavy atom. The Labute approximate surface area is 216 Å². The van der Waals surface area contributed by atoms with Crippen LogP contribution in [0.5, 0.6) is 5.75 Å². The van der Waals surface area contributed by atoms with Gasteiger partial charge in [-0.15, -0.1) is 0 Å². The van der Waals surface area contributed by atoms with Gasteiger partial charge in [0.25, 0.3) is 5.91 Å². The molecule has 1 aliphatic heterocycles. The largest absolute Gasteiger partial charge is 0.497 e. The van der Waals surface area contributed by atoms with E-state index in [9.17, 15) is 14.4 Å². The lowest BCUT2D eigenvalue weighted by Crippen LogP contribution is -2.52. The molecular formula is C28H33N5O4. The van der Waals surface area contributed by atoms with Gasteiger partial charge in [0, 0.05) is 38.2 Å². The van der Waals surface area contributed by atoms with Crippen LogP contribution in [0.25, 0.3) is 0 Å². The summed E-state index contributed by atoms with van der Waals surface area (Å²) in [6.07, 6.45) is 1.49. The van der Waals surface area contributed by atoms with Crippen LogP contribution in [0.1, 0.15) is 34.6 Å². The third-order valence-corrected chi connectivity index (χ3v) is 6.66. The molecule has 4 rings (SSSR count). The number of ether oxygens (including phenoxy) is 1. The van der Waals surface area contributed by atoms with Crippen molar-refractivity contribution in [3.8, 4) is 5.75 Å². The molecule has 0 bridgehead atoms. The molecule has 1 fully saturated rings. The molecule has 0 unspecified atom stereocenters. The first-order valence-corrected chi connectivity index (χ1v) is 12.4. The van der Waals surface area contributed by atoms with Crippen LogP contribution in [-0.2, 0) is 23.1 Å². The molecular weight excluding hydrogens is 470 g/mol. The van der Waals surface area contributed by atoms with Crippen LogP contribution in [0.3, 0.4) is 0 Å². The minimum absolute atomic E-state index is 0.0574. The van der Waals surface area contributed by atoms with Crippen molar-refractivity contribution in [2.24, 2.45) is 13.0 Å². The predicted molar refractivity (Wildman–Crippen MR) is 140 cm³/mol. The number of aromatic nitrogens is 2. The standard InChI is InChI=1S/C28H33N5O4/c1-19-17-25(32(2)31-19)27(35)30-24(18-20-7-5-4-6-8-20)28(36)33-15-13-21(14-16-33)26(34)29-22-9-11-23(37-3)12-10-22/h4-12,17,21,24H,13-16,18H2,1-3H3,(H,29,34)(H,30,35)/t24-/m1/s1. The number of amides is 3. The van der Waals surface area contributed by atoms with E-state index in [2.05, 4.69) is 15.7 Å². The zero-order valence-electron chi connectivity index (χ0n) is 21.4. The van der Waals surface area contributed by atoms with Gasteiger partial charge < -0.3 is 20.3 Å². The summed E-state index contributed by atoms with van der Waals surface area (Å²) in [5.41, 5.74) is 2.79. The molecule has 1 atom stereocenters. The van der Waals surface area contributed by atoms with Crippen LogP contribution < -0.4 is 15.4 Å².